The lowest BCUT2D eigenvalue weighted by molar-refractivity contribution is 0.293. The van der Waals surface area contributed by atoms with Crippen LogP contribution in [0.3, 0.4) is 0 Å². The Hall–Kier alpha value is -0.790. The highest BCUT2D eigenvalue weighted by Gasteiger charge is 2.42. The van der Waals surface area contributed by atoms with E-state index in [2.05, 4.69) is 22.3 Å². The molecule has 2 heterocycles. The molecular formula is C13H16ClN3S. The first-order valence-corrected chi connectivity index (χ1v) is 7.69. The topological polar surface area (TPSA) is 39.9 Å². The third-order valence-corrected chi connectivity index (χ3v) is 5.66. The maximum absolute atomic E-state index is 9.22. The average molecular weight is 282 g/mol. The normalized spacial score (nSPS) is 31.2. The molecule has 3 atom stereocenters. The summed E-state index contributed by atoms with van der Waals surface area (Å²) in [5.74, 6) is 1.49. The van der Waals surface area contributed by atoms with Gasteiger partial charge in [-0.3, -0.25) is 0 Å². The fraction of sp³-hybridized carbons (Fsp3) is 0.692. The number of nitrogens with zero attached hydrogens (tertiary/aromatic N) is 3. The van der Waals surface area contributed by atoms with E-state index in [-0.39, 0.29) is 0 Å². The summed E-state index contributed by atoms with van der Waals surface area (Å²) in [6, 6.07) is 2.80. The Morgan fingerprint density at radius 2 is 2.22 bits per heavy atom. The van der Waals surface area contributed by atoms with Crippen molar-refractivity contribution in [1.29, 1.82) is 5.26 Å². The summed E-state index contributed by atoms with van der Waals surface area (Å²) in [5, 5.41) is 10.6. The van der Waals surface area contributed by atoms with Crippen LogP contribution in [0.25, 0.3) is 0 Å². The van der Waals surface area contributed by atoms with Gasteiger partial charge >= 0.3 is 0 Å². The number of hydrogen-bond donors (Lipinski definition) is 0. The number of halogens is 1. The van der Waals surface area contributed by atoms with Crippen molar-refractivity contribution in [2.24, 2.45) is 11.8 Å². The molecule has 1 aliphatic heterocycles. The van der Waals surface area contributed by atoms with Gasteiger partial charge in [0.1, 0.15) is 16.6 Å². The van der Waals surface area contributed by atoms with Crippen LogP contribution < -0.4 is 4.90 Å². The average Bonchev–Trinajstić information content (AvgIpc) is 2.91. The van der Waals surface area contributed by atoms with E-state index in [1.54, 1.807) is 0 Å². The van der Waals surface area contributed by atoms with Gasteiger partial charge in [-0.15, -0.1) is 0 Å². The summed E-state index contributed by atoms with van der Waals surface area (Å²) >= 11 is 7.36. The van der Waals surface area contributed by atoms with Crippen molar-refractivity contribution in [3.63, 3.8) is 0 Å². The van der Waals surface area contributed by atoms with Crippen molar-refractivity contribution >= 4 is 28.1 Å². The van der Waals surface area contributed by atoms with Crippen LogP contribution in [0.2, 0.25) is 5.15 Å². The van der Waals surface area contributed by atoms with Crippen LogP contribution in [-0.2, 0) is 0 Å². The maximum atomic E-state index is 9.22. The monoisotopic (exact) mass is 281 g/mol. The zero-order chi connectivity index (χ0) is 12.7. The molecule has 5 heteroatoms. The summed E-state index contributed by atoms with van der Waals surface area (Å²) in [7, 11) is 0. The molecule has 1 aromatic heterocycles. The van der Waals surface area contributed by atoms with Gasteiger partial charge in [0.2, 0.25) is 0 Å². The predicted molar refractivity (Wildman–Crippen MR) is 74.1 cm³/mol. The van der Waals surface area contributed by atoms with Crippen molar-refractivity contribution in [3.05, 3.63) is 10.7 Å². The highest BCUT2D eigenvalue weighted by atomic mass is 35.5. The first kappa shape index (κ1) is 12.3. The first-order valence-electron chi connectivity index (χ1n) is 6.54. The van der Waals surface area contributed by atoms with Crippen LogP contribution in [0.15, 0.2) is 0 Å². The molecule has 1 aliphatic carbocycles. The lowest BCUT2D eigenvalue weighted by Gasteiger charge is -2.32. The molecule has 0 N–H and O–H groups in total. The molecular weight excluding hydrogens is 266 g/mol. The molecule has 0 amide bonds. The Morgan fingerprint density at radius 3 is 3.00 bits per heavy atom. The molecule has 96 valence electrons. The van der Waals surface area contributed by atoms with Crippen molar-refractivity contribution in [2.75, 3.05) is 11.4 Å². The summed E-state index contributed by atoms with van der Waals surface area (Å²) in [4.78, 5) is 2.40. The number of aromatic nitrogens is 1. The minimum atomic E-state index is 0.365. The van der Waals surface area contributed by atoms with Crippen molar-refractivity contribution in [2.45, 2.75) is 38.6 Å². The Kier molecular flexibility index (Phi) is 3.21. The van der Waals surface area contributed by atoms with Crippen LogP contribution >= 0.6 is 23.1 Å². The van der Waals surface area contributed by atoms with Crippen LogP contribution in [0.1, 0.15) is 38.2 Å². The van der Waals surface area contributed by atoms with Gasteiger partial charge in [0.05, 0.1) is 0 Å². The smallest absolute Gasteiger partial charge is 0.162 e. The fourth-order valence-electron chi connectivity index (χ4n) is 3.56. The second-order valence-corrected chi connectivity index (χ2v) is 6.52. The number of rotatable bonds is 1. The molecule has 3 unspecified atom stereocenters. The van der Waals surface area contributed by atoms with Crippen LogP contribution in [0.5, 0.6) is 0 Å². The Labute approximate surface area is 117 Å². The van der Waals surface area contributed by atoms with E-state index in [4.69, 9.17) is 11.6 Å². The summed E-state index contributed by atoms with van der Waals surface area (Å²) in [5.41, 5.74) is 0.570. The van der Waals surface area contributed by atoms with Gasteiger partial charge in [-0.2, -0.15) is 9.64 Å². The molecule has 0 spiro atoms. The van der Waals surface area contributed by atoms with Gasteiger partial charge < -0.3 is 4.90 Å². The third kappa shape index (κ3) is 1.81. The second kappa shape index (κ2) is 4.71. The number of fused-ring (bicyclic) bond motifs is 1. The third-order valence-electron chi connectivity index (χ3n) is 4.40. The van der Waals surface area contributed by atoms with E-state index in [0.29, 0.717) is 22.7 Å². The van der Waals surface area contributed by atoms with Gasteiger partial charge in [0.25, 0.3) is 0 Å². The van der Waals surface area contributed by atoms with Crippen molar-refractivity contribution < 1.29 is 0 Å². The minimum absolute atomic E-state index is 0.365. The standard InChI is InChI=1S/C13H16ClN3S/c1-8-7-17(11-5-3-2-4-9(8)11)13-10(6-15)12(14)16-18-13/h8-9,11H,2-5,7H2,1H3. The largest absolute Gasteiger partial charge is 0.358 e. The molecule has 3 rings (SSSR count). The highest BCUT2D eigenvalue weighted by Crippen LogP contribution is 2.44. The molecule has 0 bridgehead atoms. The molecule has 1 aromatic rings. The van der Waals surface area contributed by atoms with Gasteiger partial charge in [0, 0.05) is 12.6 Å². The number of anilines is 1. The van der Waals surface area contributed by atoms with E-state index in [1.807, 2.05) is 0 Å². The van der Waals surface area contributed by atoms with Gasteiger partial charge in [0.15, 0.2) is 5.15 Å². The summed E-state index contributed by atoms with van der Waals surface area (Å²) in [6.45, 7) is 3.38. The molecule has 18 heavy (non-hydrogen) atoms. The van der Waals surface area contributed by atoms with Crippen LogP contribution in [0.4, 0.5) is 5.00 Å². The quantitative estimate of drug-likeness (QED) is 0.788. The Bertz CT molecular complexity index is 493. The number of nitriles is 1. The van der Waals surface area contributed by atoms with E-state index in [0.717, 1.165) is 17.5 Å². The molecule has 1 saturated carbocycles. The number of hydrogen-bond acceptors (Lipinski definition) is 4. The maximum Gasteiger partial charge on any atom is 0.162 e. The second-order valence-electron chi connectivity index (χ2n) is 5.41. The van der Waals surface area contributed by atoms with E-state index in [1.165, 1.54) is 37.2 Å². The lowest BCUT2D eigenvalue weighted by Crippen LogP contribution is -2.34. The van der Waals surface area contributed by atoms with E-state index >= 15 is 0 Å². The zero-order valence-electron chi connectivity index (χ0n) is 10.4. The molecule has 1 saturated heterocycles. The first-order chi connectivity index (χ1) is 8.72. The molecule has 3 nitrogen and oxygen atoms in total. The highest BCUT2D eigenvalue weighted by molar-refractivity contribution is 7.10. The van der Waals surface area contributed by atoms with Crippen LogP contribution in [0, 0.1) is 23.2 Å². The minimum Gasteiger partial charge on any atom is -0.358 e. The summed E-state index contributed by atoms with van der Waals surface area (Å²) < 4.78 is 4.14. The SMILES string of the molecule is CC1CN(c2snc(Cl)c2C#N)C2CCCCC12. The summed E-state index contributed by atoms with van der Waals surface area (Å²) in [6.07, 6.45) is 5.23. The molecule has 0 radical (unpaired) electrons. The van der Waals surface area contributed by atoms with Crippen molar-refractivity contribution in [3.8, 4) is 6.07 Å². The van der Waals surface area contributed by atoms with E-state index in [9.17, 15) is 5.26 Å². The Balaban J connectivity index is 1.95. The lowest BCUT2D eigenvalue weighted by atomic mass is 9.80. The van der Waals surface area contributed by atoms with E-state index < -0.39 is 0 Å². The Morgan fingerprint density at radius 1 is 1.44 bits per heavy atom. The van der Waals surface area contributed by atoms with Gasteiger partial charge in [-0.05, 0) is 36.2 Å². The zero-order valence-corrected chi connectivity index (χ0v) is 12.0. The van der Waals surface area contributed by atoms with Crippen molar-refractivity contribution in [1.82, 2.24) is 4.37 Å². The molecule has 0 aromatic carbocycles. The van der Waals surface area contributed by atoms with Crippen LogP contribution in [-0.4, -0.2) is 17.0 Å². The fourth-order valence-corrected chi connectivity index (χ4v) is 4.66. The molecule has 2 aliphatic rings. The predicted octanol–water partition coefficient (Wildman–Crippen LogP) is 3.68. The molecule has 2 fully saturated rings. The van der Waals surface area contributed by atoms with Gasteiger partial charge in [-0.25, -0.2) is 0 Å². The van der Waals surface area contributed by atoms with Gasteiger partial charge in [-0.1, -0.05) is 31.4 Å².